The summed E-state index contributed by atoms with van der Waals surface area (Å²) >= 11 is 0. The van der Waals surface area contributed by atoms with Crippen LogP contribution in [0.25, 0.3) is 0 Å². The van der Waals surface area contributed by atoms with Crippen LogP contribution in [-0.2, 0) is 0 Å². The van der Waals surface area contributed by atoms with Crippen LogP contribution in [0.2, 0.25) is 0 Å². The molecule has 0 aromatic heterocycles. The van der Waals surface area contributed by atoms with Crippen molar-refractivity contribution in [2.45, 2.75) is 28.2 Å². The van der Waals surface area contributed by atoms with Gasteiger partial charge in [0.1, 0.15) is 0 Å². The largest absolute Gasteiger partial charge is 0.330 e. The molecular formula is C5H17N. The van der Waals surface area contributed by atoms with Crippen molar-refractivity contribution in [1.29, 1.82) is 0 Å². The van der Waals surface area contributed by atoms with Crippen molar-refractivity contribution in [2.24, 2.45) is 5.73 Å². The minimum absolute atomic E-state index is 0. The van der Waals surface area contributed by atoms with E-state index in [9.17, 15) is 0 Å². The third kappa shape index (κ3) is 37.6. The molecule has 1 nitrogen and oxygen atoms in total. The van der Waals surface area contributed by atoms with Crippen LogP contribution in [0.4, 0.5) is 0 Å². The lowest BCUT2D eigenvalue weighted by Gasteiger charge is -1.70. The Balaban J connectivity index is -0.0000000450. The van der Waals surface area contributed by atoms with Crippen molar-refractivity contribution in [3.63, 3.8) is 0 Å². The van der Waals surface area contributed by atoms with Crippen molar-refractivity contribution in [3.05, 3.63) is 0 Å². The summed E-state index contributed by atoms with van der Waals surface area (Å²) in [4.78, 5) is 0. The smallest absolute Gasteiger partial charge is 0.00799 e. The molecule has 2 N–H and O–H groups in total. The summed E-state index contributed by atoms with van der Waals surface area (Å²) in [5.74, 6) is 0. The predicted octanol–water partition coefficient (Wildman–Crippen LogP) is 1.63. The Hall–Kier alpha value is -0.0400. The Kier molecular flexibility index (Phi) is 56.5. The Morgan fingerprint density at radius 3 is 1.50 bits per heavy atom. The SMILES string of the molecule is C.C.CCCN. The predicted molar refractivity (Wildman–Crippen MR) is 32.8 cm³/mol. The van der Waals surface area contributed by atoms with Crippen LogP contribution in [0.3, 0.4) is 0 Å². The van der Waals surface area contributed by atoms with E-state index in [-0.39, 0.29) is 14.9 Å². The highest BCUT2D eigenvalue weighted by atomic mass is 14.5. The van der Waals surface area contributed by atoms with Crippen LogP contribution in [0.15, 0.2) is 0 Å². The molecule has 0 rings (SSSR count). The second-order valence-corrected chi connectivity index (χ2v) is 0.789. The Bertz CT molecular complexity index is 5.90. The molecule has 0 aliphatic heterocycles. The van der Waals surface area contributed by atoms with Gasteiger partial charge >= 0.3 is 0 Å². The maximum atomic E-state index is 5.03. The summed E-state index contributed by atoms with van der Waals surface area (Å²) in [5, 5.41) is 0. The Morgan fingerprint density at radius 1 is 1.33 bits per heavy atom. The van der Waals surface area contributed by atoms with Crippen LogP contribution < -0.4 is 5.73 Å². The fourth-order valence-electron chi connectivity index (χ4n) is 0. The normalized spacial score (nSPS) is 5.00. The minimum atomic E-state index is 0. The van der Waals surface area contributed by atoms with Crippen molar-refractivity contribution >= 4 is 0 Å². The lowest BCUT2D eigenvalue weighted by molar-refractivity contribution is 0.932. The monoisotopic (exact) mass is 91.1 g/mol. The summed E-state index contributed by atoms with van der Waals surface area (Å²) < 4.78 is 0. The van der Waals surface area contributed by atoms with E-state index in [1.54, 1.807) is 0 Å². The number of rotatable bonds is 1. The molecule has 0 fully saturated rings. The topological polar surface area (TPSA) is 26.0 Å². The van der Waals surface area contributed by atoms with Gasteiger partial charge in [-0.2, -0.15) is 0 Å². The molecule has 0 saturated carbocycles. The molecule has 0 aliphatic carbocycles. The van der Waals surface area contributed by atoms with Gasteiger partial charge in [0.05, 0.1) is 0 Å². The van der Waals surface area contributed by atoms with Gasteiger partial charge in [-0.05, 0) is 13.0 Å². The average Bonchev–Trinajstić information content (AvgIpc) is 1.37. The fourth-order valence-corrected chi connectivity index (χ4v) is 0. The van der Waals surface area contributed by atoms with Crippen LogP contribution in [-0.4, -0.2) is 6.54 Å². The summed E-state index contributed by atoms with van der Waals surface area (Å²) in [6.07, 6.45) is 1.10. The molecule has 0 aliphatic rings. The molecule has 0 heterocycles. The second-order valence-electron chi connectivity index (χ2n) is 0.789. The van der Waals surface area contributed by atoms with Crippen LogP contribution >= 0.6 is 0 Å². The summed E-state index contributed by atoms with van der Waals surface area (Å²) in [5.41, 5.74) is 5.03. The van der Waals surface area contributed by atoms with Gasteiger partial charge in [-0.25, -0.2) is 0 Å². The number of hydrogen-bond donors (Lipinski definition) is 1. The Morgan fingerprint density at radius 2 is 1.50 bits per heavy atom. The van der Waals surface area contributed by atoms with Crippen LogP contribution in [0.5, 0.6) is 0 Å². The average molecular weight is 91.2 g/mol. The molecule has 0 aromatic rings. The first-order chi connectivity index (χ1) is 1.91. The van der Waals surface area contributed by atoms with Gasteiger partial charge < -0.3 is 5.73 Å². The third-order valence-electron chi connectivity index (χ3n) is 0.289. The lowest BCUT2D eigenvalue weighted by atomic mass is 10.5. The quantitative estimate of drug-likeness (QED) is 0.521. The molecule has 0 bridgehead atoms. The molecule has 6 heavy (non-hydrogen) atoms. The highest BCUT2D eigenvalue weighted by Gasteiger charge is 1.55. The first-order valence-corrected chi connectivity index (χ1v) is 1.62. The van der Waals surface area contributed by atoms with E-state index in [0.29, 0.717) is 0 Å². The highest BCUT2D eigenvalue weighted by molar-refractivity contribution is 4.19. The van der Waals surface area contributed by atoms with Crippen LogP contribution in [0, 0.1) is 0 Å². The van der Waals surface area contributed by atoms with Gasteiger partial charge in [0.2, 0.25) is 0 Å². The van der Waals surface area contributed by atoms with Gasteiger partial charge in [0.25, 0.3) is 0 Å². The molecule has 0 aromatic carbocycles. The van der Waals surface area contributed by atoms with Gasteiger partial charge in [-0.1, -0.05) is 21.8 Å². The standard InChI is InChI=1S/C3H9N.2CH4/c1-2-3-4;;/h2-4H2,1H3;2*1H4. The van der Waals surface area contributed by atoms with E-state index in [1.807, 2.05) is 0 Å². The van der Waals surface area contributed by atoms with E-state index in [1.165, 1.54) is 0 Å². The zero-order valence-electron chi connectivity index (χ0n) is 2.99. The van der Waals surface area contributed by atoms with Gasteiger partial charge in [0.15, 0.2) is 0 Å². The number of nitrogens with two attached hydrogens (primary N) is 1. The maximum Gasteiger partial charge on any atom is -0.00799 e. The number of hydrogen-bond acceptors (Lipinski definition) is 1. The summed E-state index contributed by atoms with van der Waals surface area (Å²) in [6.45, 7) is 2.88. The van der Waals surface area contributed by atoms with Crippen molar-refractivity contribution in [3.8, 4) is 0 Å². The first-order valence-electron chi connectivity index (χ1n) is 1.62. The zero-order valence-corrected chi connectivity index (χ0v) is 2.99. The van der Waals surface area contributed by atoms with E-state index < -0.39 is 0 Å². The maximum absolute atomic E-state index is 5.03. The van der Waals surface area contributed by atoms with Crippen molar-refractivity contribution < 1.29 is 0 Å². The van der Waals surface area contributed by atoms with E-state index in [4.69, 9.17) is 5.73 Å². The first kappa shape index (κ1) is 16.7. The van der Waals surface area contributed by atoms with Gasteiger partial charge in [-0.3, -0.25) is 0 Å². The third-order valence-corrected chi connectivity index (χ3v) is 0.289. The molecular weight excluding hydrogens is 74.1 g/mol. The Labute approximate surface area is 41.6 Å². The molecule has 1 heteroatoms. The highest BCUT2D eigenvalue weighted by Crippen LogP contribution is 1.57. The zero-order chi connectivity index (χ0) is 3.41. The van der Waals surface area contributed by atoms with Crippen LogP contribution in [0.1, 0.15) is 28.2 Å². The van der Waals surface area contributed by atoms with Gasteiger partial charge in [0, 0.05) is 0 Å². The molecule has 0 radical (unpaired) electrons. The minimum Gasteiger partial charge on any atom is -0.330 e. The second kappa shape index (κ2) is 20.2. The van der Waals surface area contributed by atoms with E-state index in [0.717, 1.165) is 13.0 Å². The molecule has 0 amide bonds. The lowest BCUT2D eigenvalue weighted by Crippen LogP contribution is -1.93. The fraction of sp³-hybridized carbons (Fsp3) is 1.00. The molecule has 42 valence electrons. The molecule has 0 unspecified atom stereocenters. The molecule has 0 spiro atoms. The van der Waals surface area contributed by atoms with Crippen molar-refractivity contribution in [1.82, 2.24) is 0 Å². The molecule has 0 saturated heterocycles. The van der Waals surface area contributed by atoms with Gasteiger partial charge in [-0.15, -0.1) is 0 Å². The summed E-state index contributed by atoms with van der Waals surface area (Å²) in [6, 6.07) is 0. The summed E-state index contributed by atoms with van der Waals surface area (Å²) in [7, 11) is 0. The molecule has 0 atom stereocenters. The van der Waals surface area contributed by atoms with E-state index >= 15 is 0 Å². The van der Waals surface area contributed by atoms with Crippen molar-refractivity contribution in [2.75, 3.05) is 6.54 Å². The van der Waals surface area contributed by atoms with E-state index in [2.05, 4.69) is 6.92 Å².